The Balaban J connectivity index is 3.12. The van der Waals surface area contributed by atoms with Crippen LogP contribution in [0.5, 0.6) is 0 Å². The normalized spacial score (nSPS) is 30.8. The van der Waals surface area contributed by atoms with Gasteiger partial charge in [-0.3, -0.25) is 4.79 Å². The van der Waals surface area contributed by atoms with E-state index in [1.165, 1.54) is 12.2 Å². The molecule has 2 unspecified atom stereocenters. The summed E-state index contributed by atoms with van der Waals surface area (Å²) < 4.78 is 0. The van der Waals surface area contributed by atoms with Gasteiger partial charge in [0.2, 0.25) is 0 Å². The van der Waals surface area contributed by atoms with Crippen LogP contribution >= 0.6 is 34.8 Å². The first-order valence-electron chi connectivity index (χ1n) is 4.58. The van der Waals surface area contributed by atoms with Gasteiger partial charge < -0.3 is 5.11 Å². The highest BCUT2D eigenvalue weighted by Gasteiger charge is 2.44. The average Bonchev–Trinajstić information content (AvgIpc) is 2.12. The Morgan fingerprint density at radius 1 is 1.60 bits per heavy atom. The molecular formula is C10H11Cl3O2. The van der Waals surface area contributed by atoms with Crippen LogP contribution in [0.3, 0.4) is 0 Å². The first-order valence-corrected chi connectivity index (χ1v) is 5.72. The number of carbonyl (C=O) groups is 1. The molecule has 0 fully saturated rings. The zero-order chi connectivity index (χ0) is 11.6. The average molecular weight is 270 g/mol. The van der Waals surface area contributed by atoms with Crippen LogP contribution < -0.4 is 0 Å². The van der Waals surface area contributed by atoms with Crippen molar-refractivity contribution in [3.8, 4) is 0 Å². The fourth-order valence-electron chi connectivity index (χ4n) is 1.63. The monoisotopic (exact) mass is 268 g/mol. The third kappa shape index (κ3) is 2.49. The molecule has 2 nitrogen and oxygen atoms in total. The highest BCUT2D eigenvalue weighted by Crippen LogP contribution is 2.45. The lowest BCUT2D eigenvalue weighted by molar-refractivity contribution is -0.140. The predicted molar refractivity (Wildman–Crippen MR) is 62.5 cm³/mol. The van der Waals surface area contributed by atoms with E-state index in [2.05, 4.69) is 0 Å². The minimum absolute atomic E-state index is 0.297. The lowest BCUT2D eigenvalue weighted by Gasteiger charge is -2.33. The zero-order valence-electron chi connectivity index (χ0n) is 8.14. The number of carboxylic acids is 1. The van der Waals surface area contributed by atoms with Crippen molar-refractivity contribution in [2.24, 2.45) is 5.92 Å². The van der Waals surface area contributed by atoms with E-state index in [-0.39, 0.29) is 0 Å². The van der Waals surface area contributed by atoms with Gasteiger partial charge in [-0.15, -0.1) is 11.6 Å². The second kappa shape index (κ2) is 4.77. The number of hydrogen-bond acceptors (Lipinski definition) is 1. The maximum absolute atomic E-state index is 11.1. The summed E-state index contributed by atoms with van der Waals surface area (Å²) in [6, 6.07) is 0. The summed E-state index contributed by atoms with van der Waals surface area (Å²) in [6.45, 7) is 1.92. The van der Waals surface area contributed by atoms with Crippen LogP contribution in [0.25, 0.3) is 0 Å². The summed E-state index contributed by atoms with van der Waals surface area (Å²) in [7, 11) is 0. The Morgan fingerprint density at radius 3 is 2.67 bits per heavy atom. The second-order valence-electron chi connectivity index (χ2n) is 3.47. The quantitative estimate of drug-likeness (QED) is 0.793. The second-order valence-corrected chi connectivity index (χ2v) is 4.99. The first kappa shape index (κ1) is 12.9. The predicted octanol–water partition coefficient (Wildman–Crippen LogP) is 3.72. The van der Waals surface area contributed by atoms with Crippen molar-refractivity contribution in [3.05, 3.63) is 22.2 Å². The van der Waals surface area contributed by atoms with Crippen LogP contribution in [0.4, 0.5) is 0 Å². The Morgan fingerprint density at radius 2 is 2.20 bits per heavy atom. The van der Waals surface area contributed by atoms with Crippen LogP contribution in [0.2, 0.25) is 0 Å². The molecule has 5 heteroatoms. The minimum atomic E-state index is -1.06. The van der Waals surface area contributed by atoms with Crippen LogP contribution in [0.15, 0.2) is 22.2 Å². The van der Waals surface area contributed by atoms with E-state index >= 15 is 0 Å². The van der Waals surface area contributed by atoms with Crippen molar-refractivity contribution in [2.45, 2.75) is 24.6 Å². The van der Waals surface area contributed by atoms with Crippen molar-refractivity contribution in [1.82, 2.24) is 0 Å². The molecule has 1 aliphatic rings. The summed E-state index contributed by atoms with van der Waals surface area (Å²) in [6.07, 6.45) is 4.19. The standard InChI is InChI=1S/C10H11Cl3O2/c1-2-3-10(13)7(9(14)15)4-6(11)5-8(10)12/h4-5,7H,2-3H2,1H3,(H,14,15). The SMILES string of the molecule is CCCC1(Cl)C(Cl)=CC(Cl)=CC1C(=O)O. The Labute approximate surface area is 104 Å². The fraction of sp³-hybridized carbons (Fsp3) is 0.500. The maximum atomic E-state index is 11.1. The molecule has 2 atom stereocenters. The molecule has 0 saturated carbocycles. The van der Waals surface area contributed by atoms with Gasteiger partial charge in [0, 0.05) is 10.1 Å². The summed E-state index contributed by atoms with van der Waals surface area (Å²) in [4.78, 5) is 10.0. The van der Waals surface area contributed by atoms with Gasteiger partial charge in [0.15, 0.2) is 0 Å². The molecule has 84 valence electrons. The van der Waals surface area contributed by atoms with Crippen LogP contribution in [0, 0.1) is 5.92 Å². The lowest BCUT2D eigenvalue weighted by atomic mass is 9.84. The van der Waals surface area contributed by atoms with E-state index in [0.717, 1.165) is 6.42 Å². The maximum Gasteiger partial charge on any atom is 0.312 e. The molecule has 1 aliphatic carbocycles. The van der Waals surface area contributed by atoms with Crippen LogP contribution in [-0.4, -0.2) is 16.0 Å². The van der Waals surface area contributed by atoms with Crippen LogP contribution in [0.1, 0.15) is 19.8 Å². The Bertz CT molecular complexity index is 336. The summed E-state index contributed by atoms with van der Waals surface area (Å²) in [5.74, 6) is -1.88. The molecule has 0 aromatic heterocycles. The van der Waals surface area contributed by atoms with Gasteiger partial charge in [-0.1, -0.05) is 36.5 Å². The molecule has 0 aromatic carbocycles. The largest absolute Gasteiger partial charge is 0.481 e. The van der Waals surface area contributed by atoms with Gasteiger partial charge in [0.05, 0.1) is 4.87 Å². The molecule has 1 N–H and O–H groups in total. The van der Waals surface area contributed by atoms with Crippen molar-refractivity contribution < 1.29 is 9.90 Å². The van der Waals surface area contributed by atoms with Gasteiger partial charge in [-0.05, 0) is 18.6 Å². The minimum Gasteiger partial charge on any atom is -0.481 e. The molecule has 1 rings (SSSR count). The van der Waals surface area contributed by atoms with Gasteiger partial charge in [0.1, 0.15) is 5.92 Å². The van der Waals surface area contributed by atoms with E-state index in [9.17, 15) is 4.79 Å². The number of aliphatic carboxylic acids is 1. The highest BCUT2D eigenvalue weighted by molar-refractivity contribution is 6.42. The highest BCUT2D eigenvalue weighted by atomic mass is 35.5. The molecule has 0 amide bonds. The number of carboxylic acid groups (broad SMARTS) is 1. The molecule has 0 aliphatic heterocycles. The van der Waals surface area contributed by atoms with Gasteiger partial charge in [-0.2, -0.15) is 0 Å². The van der Waals surface area contributed by atoms with E-state index in [1.54, 1.807) is 0 Å². The third-order valence-electron chi connectivity index (χ3n) is 2.36. The lowest BCUT2D eigenvalue weighted by Crippen LogP contribution is -2.38. The number of allylic oxidation sites excluding steroid dienone is 3. The fourth-order valence-corrected chi connectivity index (χ4v) is 2.66. The molecule has 0 aromatic rings. The summed E-state index contributed by atoms with van der Waals surface area (Å²) in [5, 5.41) is 9.68. The molecule has 0 heterocycles. The number of rotatable bonds is 3. The molecule has 0 bridgehead atoms. The van der Waals surface area contributed by atoms with E-state index in [1.807, 2.05) is 6.92 Å². The summed E-state index contributed by atoms with van der Waals surface area (Å²) in [5.41, 5.74) is 0. The molecule has 15 heavy (non-hydrogen) atoms. The topological polar surface area (TPSA) is 37.3 Å². The van der Waals surface area contributed by atoms with Gasteiger partial charge in [0.25, 0.3) is 0 Å². The first-order chi connectivity index (χ1) is 6.91. The van der Waals surface area contributed by atoms with Crippen molar-refractivity contribution >= 4 is 40.8 Å². The number of halogens is 3. The third-order valence-corrected chi connectivity index (χ3v) is 3.77. The van der Waals surface area contributed by atoms with Crippen molar-refractivity contribution in [2.75, 3.05) is 0 Å². The van der Waals surface area contributed by atoms with Crippen LogP contribution in [-0.2, 0) is 4.79 Å². The van der Waals surface area contributed by atoms with E-state index in [0.29, 0.717) is 16.5 Å². The van der Waals surface area contributed by atoms with Crippen molar-refractivity contribution in [3.63, 3.8) is 0 Å². The molecule has 0 radical (unpaired) electrons. The number of alkyl halides is 1. The molecule has 0 saturated heterocycles. The smallest absolute Gasteiger partial charge is 0.312 e. The molecular weight excluding hydrogens is 258 g/mol. The van der Waals surface area contributed by atoms with Crippen molar-refractivity contribution in [1.29, 1.82) is 0 Å². The summed E-state index contributed by atoms with van der Waals surface area (Å²) >= 11 is 18.0. The van der Waals surface area contributed by atoms with Gasteiger partial charge in [-0.25, -0.2) is 0 Å². The zero-order valence-corrected chi connectivity index (χ0v) is 10.4. The Kier molecular flexibility index (Phi) is 4.10. The number of hydrogen-bond donors (Lipinski definition) is 1. The Hall–Kier alpha value is -0.180. The van der Waals surface area contributed by atoms with Gasteiger partial charge >= 0.3 is 5.97 Å². The molecule has 0 spiro atoms. The van der Waals surface area contributed by atoms with E-state index in [4.69, 9.17) is 39.9 Å². The van der Waals surface area contributed by atoms with E-state index < -0.39 is 16.8 Å².